The third-order valence-corrected chi connectivity index (χ3v) is 5.59. The zero-order valence-electron chi connectivity index (χ0n) is 18.1. The standard InChI is InChI=1S/C21H28O14/c22-6-11-14(26)16(28)18(30)20(34-11)32-7-12-15(27)17(29)19(31)21(35-12)33-10-5-8(1-3-9(10)23)2-4-13(24)25/h1-5,11-12,14-23,26-31H,6-7H2,(H,24,25)/b4-2+/t11-,12-,14-,15-,16+,17+,18-,19-,20-,21-/m1/s1. The number of rotatable bonds is 8. The van der Waals surface area contributed by atoms with Gasteiger partial charge in [-0.05, 0) is 23.8 Å². The Balaban J connectivity index is 1.70. The number of carboxylic acids is 1. The number of aliphatic carboxylic acids is 1. The lowest BCUT2D eigenvalue weighted by Gasteiger charge is -2.42. The van der Waals surface area contributed by atoms with Gasteiger partial charge in [0.05, 0.1) is 13.2 Å². The van der Waals surface area contributed by atoms with E-state index in [2.05, 4.69) is 0 Å². The third kappa shape index (κ3) is 6.25. The van der Waals surface area contributed by atoms with E-state index in [0.717, 1.165) is 6.08 Å². The van der Waals surface area contributed by atoms with Gasteiger partial charge < -0.3 is 64.9 Å². The molecule has 0 aliphatic carbocycles. The van der Waals surface area contributed by atoms with Crippen molar-refractivity contribution >= 4 is 12.0 Å². The highest BCUT2D eigenvalue weighted by Crippen LogP contribution is 2.32. The largest absolute Gasteiger partial charge is 0.504 e. The number of aromatic hydroxyl groups is 1. The van der Waals surface area contributed by atoms with Crippen molar-refractivity contribution in [3.63, 3.8) is 0 Å². The Morgan fingerprint density at radius 1 is 0.886 bits per heavy atom. The maximum atomic E-state index is 10.7. The molecule has 14 heteroatoms. The van der Waals surface area contributed by atoms with Crippen LogP contribution in [0.4, 0.5) is 0 Å². The number of benzene rings is 1. The molecule has 2 aliphatic rings. The van der Waals surface area contributed by atoms with E-state index in [1.165, 1.54) is 24.3 Å². The summed E-state index contributed by atoms with van der Waals surface area (Å²) in [6.07, 6.45) is -13.9. The van der Waals surface area contributed by atoms with Gasteiger partial charge in [0.25, 0.3) is 0 Å². The van der Waals surface area contributed by atoms with Crippen molar-refractivity contribution in [1.29, 1.82) is 0 Å². The molecule has 2 heterocycles. The molecule has 1 aromatic carbocycles. The monoisotopic (exact) mass is 504 g/mol. The van der Waals surface area contributed by atoms with Gasteiger partial charge in [-0.2, -0.15) is 0 Å². The minimum absolute atomic E-state index is 0.223. The van der Waals surface area contributed by atoms with E-state index in [1.54, 1.807) is 0 Å². The smallest absolute Gasteiger partial charge is 0.328 e. The van der Waals surface area contributed by atoms with Crippen molar-refractivity contribution in [2.75, 3.05) is 13.2 Å². The molecule has 9 N–H and O–H groups in total. The van der Waals surface area contributed by atoms with E-state index < -0.39 is 80.6 Å². The van der Waals surface area contributed by atoms with Crippen LogP contribution in [0.5, 0.6) is 11.5 Å². The molecule has 2 fully saturated rings. The molecule has 2 aliphatic heterocycles. The second-order valence-electron chi connectivity index (χ2n) is 8.06. The molecular weight excluding hydrogens is 476 g/mol. The Hall–Kier alpha value is -2.37. The van der Waals surface area contributed by atoms with Crippen molar-refractivity contribution < 1.29 is 69.7 Å². The molecule has 0 saturated carbocycles. The highest BCUT2D eigenvalue weighted by molar-refractivity contribution is 5.85. The third-order valence-electron chi connectivity index (χ3n) is 5.59. The van der Waals surface area contributed by atoms with Crippen molar-refractivity contribution in [2.24, 2.45) is 0 Å². The van der Waals surface area contributed by atoms with Gasteiger partial charge in [-0.1, -0.05) is 6.07 Å². The first kappa shape index (κ1) is 27.2. The fraction of sp³-hybridized carbons (Fsp3) is 0.571. The van der Waals surface area contributed by atoms with Gasteiger partial charge >= 0.3 is 5.97 Å². The van der Waals surface area contributed by atoms with Gasteiger partial charge in [0.1, 0.15) is 48.8 Å². The zero-order chi connectivity index (χ0) is 25.9. The van der Waals surface area contributed by atoms with Gasteiger partial charge in [-0.25, -0.2) is 4.79 Å². The van der Waals surface area contributed by atoms with Gasteiger partial charge in [-0.15, -0.1) is 0 Å². The van der Waals surface area contributed by atoms with Gasteiger partial charge in [-0.3, -0.25) is 0 Å². The quantitative estimate of drug-likeness (QED) is 0.156. The summed E-state index contributed by atoms with van der Waals surface area (Å²) in [5.74, 6) is -1.81. The first-order valence-corrected chi connectivity index (χ1v) is 10.6. The number of carboxylic acid groups (broad SMARTS) is 1. The second-order valence-corrected chi connectivity index (χ2v) is 8.06. The fourth-order valence-corrected chi connectivity index (χ4v) is 3.57. The number of ether oxygens (including phenoxy) is 4. The molecule has 0 radical (unpaired) electrons. The van der Waals surface area contributed by atoms with Crippen LogP contribution in [0, 0.1) is 0 Å². The van der Waals surface area contributed by atoms with E-state index >= 15 is 0 Å². The number of hydrogen-bond donors (Lipinski definition) is 9. The highest BCUT2D eigenvalue weighted by Gasteiger charge is 2.48. The normalized spacial score (nSPS) is 37.9. The molecule has 2 saturated heterocycles. The topological polar surface area (TPSA) is 236 Å². The van der Waals surface area contributed by atoms with E-state index in [1.807, 2.05) is 0 Å². The van der Waals surface area contributed by atoms with Gasteiger partial charge in [0, 0.05) is 6.08 Å². The first-order chi connectivity index (χ1) is 16.5. The van der Waals surface area contributed by atoms with E-state index in [9.17, 15) is 45.6 Å². The Bertz CT molecular complexity index is 891. The van der Waals surface area contributed by atoms with Crippen LogP contribution < -0.4 is 4.74 Å². The molecule has 35 heavy (non-hydrogen) atoms. The number of carbonyl (C=O) groups is 1. The number of phenolic OH excluding ortho intramolecular Hbond substituents is 1. The molecule has 0 aromatic heterocycles. The number of aliphatic hydroxyl groups is 7. The molecule has 14 nitrogen and oxygen atoms in total. The van der Waals surface area contributed by atoms with Crippen LogP contribution in [-0.2, 0) is 19.0 Å². The van der Waals surface area contributed by atoms with Crippen LogP contribution in [0.3, 0.4) is 0 Å². The van der Waals surface area contributed by atoms with Crippen molar-refractivity contribution in [3.05, 3.63) is 29.8 Å². The van der Waals surface area contributed by atoms with Crippen LogP contribution in [0.15, 0.2) is 24.3 Å². The van der Waals surface area contributed by atoms with Crippen LogP contribution >= 0.6 is 0 Å². The maximum Gasteiger partial charge on any atom is 0.328 e. The van der Waals surface area contributed by atoms with Crippen LogP contribution in [0.2, 0.25) is 0 Å². The first-order valence-electron chi connectivity index (χ1n) is 10.6. The number of hydrogen-bond acceptors (Lipinski definition) is 13. The summed E-state index contributed by atoms with van der Waals surface area (Å²) in [5.41, 5.74) is 0.327. The second kappa shape index (κ2) is 11.6. The molecule has 0 bridgehead atoms. The Labute approximate surface area is 198 Å². The summed E-state index contributed by atoms with van der Waals surface area (Å²) in [7, 11) is 0. The number of phenols is 1. The van der Waals surface area contributed by atoms with Crippen molar-refractivity contribution in [3.8, 4) is 11.5 Å². The lowest BCUT2D eigenvalue weighted by atomic mass is 9.98. The summed E-state index contributed by atoms with van der Waals surface area (Å²) in [5, 5.41) is 88.6. The van der Waals surface area contributed by atoms with Crippen LogP contribution in [-0.4, -0.2) is 127 Å². The highest BCUT2D eigenvalue weighted by atomic mass is 16.7. The summed E-state index contributed by atoms with van der Waals surface area (Å²) < 4.78 is 21.5. The Morgan fingerprint density at radius 3 is 2.11 bits per heavy atom. The predicted molar refractivity (Wildman–Crippen MR) is 112 cm³/mol. The molecule has 0 spiro atoms. The molecule has 10 atom stereocenters. The molecule has 1 aromatic rings. The molecule has 196 valence electrons. The molecule has 0 unspecified atom stereocenters. The van der Waals surface area contributed by atoms with Crippen LogP contribution in [0.25, 0.3) is 6.08 Å². The van der Waals surface area contributed by atoms with Crippen molar-refractivity contribution in [1.82, 2.24) is 0 Å². The molecular formula is C21H28O14. The summed E-state index contributed by atoms with van der Waals surface area (Å²) in [4.78, 5) is 10.7. The Kier molecular flexibility index (Phi) is 9.00. The van der Waals surface area contributed by atoms with E-state index in [4.69, 9.17) is 24.1 Å². The lowest BCUT2D eigenvalue weighted by Crippen LogP contribution is -2.62. The minimum Gasteiger partial charge on any atom is -0.504 e. The minimum atomic E-state index is -1.78. The SMILES string of the molecule is O=C(O)/C=C/c1ccc(O)c(O[C@@H]2O[C@H](CO[C@@H]3O[C@H](CO)[C@@H](O)[C@H](O)[C@H]3O)[C@@H](O)[C@H](O)[C@H]2O)c1. The average Bonchev–Trinajstić information content (AvgIpc) is 2.83. The summed E-state index contributed by atoms with van der Waals surface area (Å²) in [6, 6.07) is 3.86. The fourth-order valence-electron chi connectivity index (χ4n) is 3.57. The predicted octanol–water partition coefficient (Wildman–Crippen LogP) is -3.51. The van der Waals surface area contributed by atoms with Gasteiger partial charge in [0.2, 0.25) is 6.29 Å². The van der Waals surface area contributed by atoms with Crippen LogP contribution in [0.1, 0.15) is 5.56 Å². The van der Waals surface area contributed by atoms with Gasteiger partial charge in [0.15, 0.2) is 17.8 Å². The summed E-state index contributed by atoms with van der Waals surface area (Å²) in [6.45, 7) is -1.24. The average molecular weight is 504 g/mol. The van der Waals surface area contributed by atoms with Crippen molar-refractivity contribution in [2.45, 2.75) is 61.4 Å². The zero-order valence-corrected chi connectivity index (χ0v) is 18.1. The number of aliphatic hydroxyl groups excluding tert-OH is 7. The summed E-state index contributed by atoms with van der Waals surface area (Å²) >= 11 is 0. The molecule has 0 amide bonds. The van der Waals surface area contributed by atoms with E-state index in [-0.39, 0.29) is 11.5 Å². The van der Waals surface area contributed by atoms with E-state index in [0.29, 0.717) is 5.56 Å². The molecule has 3 rings (SSSR count). The Morgan fingerprint density at radius 2 is 1.49 bits per heavy atom. The maximum absolute atomic E-state index is 10.7. The lowest BCUT2D eigenvalue weighted by molar-refractivity contribution is -0.323.